The minimum Gasteiger partial charge on any atom is -0.455 e. The van der Waals surface area contributed by atoms with Crippen molar-refractivity contribution < 1.29 is 14.0 Å². The molecule has 0 radical (unpaired) electrons. The van der Waals surface area contributed by atoms with Crippen LogP contribution in [-0.4, -0.2) is 24.1 Å². The third-order valence-corrected chi connectivity index (χ3v) is 4.46. The number of nitrogens with one attached hydrogen (secondary N) is 2. The van der Waals surface area contributed by atoms with E-state index in [2.05, 4.69) is 22.4 Å². The van der Waals surface area contributed by atoms with Gasteiger partial charge in [-0.2, -0.15) is 5.10 Å². The smallest absolute Gasteiger partial charge is 0.287 e. The van der Waals surface area contributed by atoms with Gasteiger partial charge in [-0.15, -0.1) is 6.58 Å². The van der Waals surface area contributed by atoms with E-state index in [1.165, 1.54) is 0 Å². The summed E-state index contributed by atoms with van der Waals surface area (Å²) in [5.41, 5.74) is 5.91. The number of hydrogen-bond acceptors (Lipinski definition) is 4. The second-order valence-electron chi connectivity index (χ2n) is 6.46. The number of carbonyl (C=O) groups excluding carboxylic acids is 2. The minimum atomic E-state index is -0.269. The zero-order chi connectivity index (χ0) is 19.2. The Morgan fingerprint density at radius 1 is 1.26 bits per heavy atom. The van der Waals surface area contributed by atoms with Gasteiger partial charge < -0.3 is 9.73 Å². The maximum Gasteiger partial charge on any atom is 0.287 e. The van der Waals surface area contributed by atoms with Crippen LogP contribution in [0.2, 0.25) is 0 Å². The molecule has 0 aliphatic heterocycles. The Kier molecular flexibility index (Phi) is 5.86. The van der Waals surface area contributed by atoms with E-state index in [1.54, 1.807) is 6.08 Å². The Morgan fingerprint density at radius 3 is 2.78 bits per heavy atom. The molecule has 3 rings (SSSR count). The highest BCUT2D eigenvalue weighted by Gasteiger charge is 2.27. The average Bonchev–Trinajstić information content (AvgIpc) is 3.02. The fourth-order valence-electron chi connectivity index (χ4n) is 3.19. The van der Waals surface area contributed by atoms with E-state index >= 15 is 0 Å². The molecular formula is C21H23N3O3. The SMILES string of the molecule is C=CCNC(=O)c1oc2c(c1C)/C(=N/NC(=O)Cc1ccccc1)CCC2. The number of rotatable bonds is 6. The second-order valence-corrected chi connectivity index (χ2v) is 6.46. The number of hydrazone groups is 1. The summed E-state index contributed by atoms with van der Waals surface area (Å²) in [5.74, 6) is 0.603. The summed E-state index contributed by atoms with van der Waals surface area (Å²) >= 11 is 0. The van der Waals surface area contributed by atoms with Crippen LogP contribution in [0.4, 0.5) is 0 Å². The fourth-order valence-corrected chi connectivity index (χ4v) is 3.19. The van der Waals surface area contributed by atoms with E-state index in [-0.39, 0.29) is 18.2 Å². The number of amides is 2. The first-order valence-electron chi connectivity index (χ1n) is 9.01. The van der Waals surface area contributed by atoms with Crippen LogP contribution in [0.15, 0.2) is 52.5 Å². The summed E-state index contributed by atoms with van der Waals surface area (Å²) in [6.07, 6.45) is 4.23. The number of hydrogen-bond donors (Lipinski definition) is 2. The predicted octanol–water partition coefficient (Wildman–Crippen LogP) is 2.90. The largest absolute Gasteiger partial charge is 0.455 e. The highest BCUT2D eigenvalue weighted by Crippen LogP contribution is 2.29. The van der Waals surface area contributed by atoms with Gasteiger partial charge in [-0.1, -0.05) is 36.4 Å². The number of benzene rings is 1. The van der Waals surface area contributed by atoms with Crippen molar-refractivity contribution in [3.63, 3.8) is 0 Å². The quantitative estimate of drug-likeness (QED) is 0.610. The van der Waals surface area contributed by atoms with E-state index in [0.29, 0.717) is 12.3 Å². The van der Waals surface area contributed by atoms with Gasteiger partial charge in [-0.05, 0) is 25.3 Å². The maximum absolute atomic E-state index is 12.3. The van der Waals surface area contributed by atoms with Crippen molar-refractivity contribution in [2.75, 3.05) is 6.54 Å². The van der Waals surface area contributed by atoms with Gasteiger partial charge in [0.05, 0.1) is 12.1 Å². The molecule has 1 aromatic carbocycles. The van der Waals surface area contributed by atoms with E-state index in [1.807, 2.05) is 37.3 Å². The van der Waals surface area contributed by atoms with Crippen molar-refractivity contribution in [2.24, 2.45) is 5.10 Å². The first-order valence-corrected chi connectivity index (χ1v) is 9.01. The van der Waals surface area contributed by atoms with E-state index < -0.39 is 0 Å². The summed E-state index contributed by atoms with van der Waals surface area (Å²) < 4.78 is 5.79. The van der Waals surface area contributed by atoms with Crippen LogP contribution in [0, 0.1) is 6.92 Å². The van der Waals surface area contributed by atoms with Crippen LogP contribution in [0.25, 0.3) is 0 Å². The molecule has 0 saturated heterocycles. The molecule has 1 aromatic heterocycles. The van der Waals surface area contributed by atoms with Crippen LogP contribution >= 0.6 is 0 Å². The third kappa shape index (κ3) is 4.34. The van der Waals surface area contributed by atoms with Crippen molar-refractivity contribution >= 4 is 17.5 Å². The average molecular weight is 365 g/mol. The molecule has 0 bridgehead atoms. The number of furan rings is 1. The molecule has 2 amide bonds. The van der Waals surface area contributed by atoms with Crippen LogP contribution in [0.3, 0.4) is 0 Å². The molecule has 6 heteroatoms. The normalized spacial score (nSPS) is 14.5. The van der Waals surface area contributed by atoms with Gasteiger partial charge >= 0.3 is 0 Å². The first-order chi connectivity index (χ1) is 13.1. The van der Waals surface area contributed by atoms with Gasteiger partial charge in [0.1, 0.15) is 5.76 Å². The molecule has 0 fully saturated rings. The highest BCUT2D eigenvalue weighted by molar-refractivity contribution is 6.06. The van der Waals surface area contributed by atoms with Gasteiger partial charge in [0.25, 0.3) is 5.91 Å². The summed E-state index contributed by atoms with van der Waals surface area (Å²) in [5, 5.41) is 7.06. The van der Waals surface area contributed by atoms with Crippen molar-refractivity contribution in [3.8, 4) is 0 Å². The number of nitrogens with zero attached hydrogens (tertiary/aromatic N) is 1. The molecule has 1 aliphatic carbocycles. The maximum atomic E-state index is 12.3. The summed E-state index contributed by atoms with van der Waals surface area (Å²) in [6.45, 7) is 5.81. The van der Waals surface area contributed by atoms with E-state index in [0.717, 1.165) is 47.4 Å². The van der Waals surface area contributed by atoms with Crippen LogP contribution in [0.1, 0.15) is 45.8 Å². The fraction of sp³-hybridized carbons (Fsp3) is 0.286. The minimum absolute atomic E-state index is 0.175. The van der Waals surface area contributed by atoms with Gasteiger partial charge in [0.15, 0.2) is 5.76 Å². The summed E-state index contributed by atoms with van der Waals surface area (Å²) in [7, 11) is 0. The molecule has 2 N–H and O–H groups in total. The lowest BCUT2D eigenvalue weighted by atomic mass is 9.93. The lowest BCUT2D eigenvalue weighted by Crippen LogP contribution is -2.24. The lowest BCUT2D eigenvalue weighted by Gasteiger charge is -2.13. The Hall–Kier alpha value is -3.15. The highest BCUT2D eigenvalue weighted by atomic mass is 16.4. The molecule has 1 aliphatic rings. The number of fused-ring (bicyclic) bond motifs is 1. The van der Waals surface area contributed by atoms with Gasteiger partial charge in [-0.25, -0.2) is 5.43 Å². The third-order valence-electron chi connectivity index (χ3n) is 4.46. The Labute approximate surface area is 158 Å². The monoisotopic (exact) mass is 365 g/mol. The van der Waals surface area contributed by atoms with E-state index in [4.69, 9.17) is 4.42 Å². The first kappa shape index (κ1) is 18.6. The molecular weight excluding hydrogens is 342 g/mol. The lowest BCUT2D eigenvalue weighted by molar-refractivity contribution is -0.120. The van der Waals surface area contributed by atoms with Crippen LogP contribution in [-0.2, 0) is 17.6 Å². The molecule has 1 heterocycles. The van der Waals surface area contributed by atoms with Crippen molar-refractivity contribution in [1.29, 1.82) is 0 Å². The van der Waals surface area contributed by atoms with Crippen molar-refractivity contribution in [3.05, 3.63) is 71.2 Å². The van der Waals surface area contributed by atoms with E-state index in [9.17, 15) is 9.59 Å². The summed E-state index contributed by atoms with van der Waals surface area (Å²) in [4.78, 5) is 24.4. The standard InChI is InChI=1S/C21H23N3O3/c1-3-12-22-21(26)20-14(2)19-16(10-7-11-17(19)27-20)23-24-18(25)13-15-8-5-4-6-9-15/h3-6,8-9H,1,7,10-13H2,2H3,(H,22,26)(H,24,25)/b23-16+. The molecule has 27 heavy (non-hydrogen) atoms. The molecule has 0 saturated carbocycles. The predicted molar refractivity (Wildman–Crippen MR) is 104 cm³/mol. The molecule has 0 unspecified atom stereocenters. The van der Waals surface area contributed by atoms with Gasteiger partial charge in [0, 0.05) is 24.1 Å². The molecule has 6 nitrogen and oxygen atoms in total. The second kappa shape index (κ2) is 8.49. The van der Waals surface area contributed by atoms with Gasteiger partial charge in [-0.3, -0.25) is 9.59 Å². The van der Waals surface area contributed by atoms with Crippen molar-refractivity contribution in [2.45, 2.75) is 32.6 Å². The molecule has 140 valence electrons. The zero-order valence-electron chi connectivity index (χ0n) is 15.4. The Balaban J connectivity index is 1.76. The van der Waals surface area contributed by atoms with Crippen LogP contribution < -0.4 is 10.7 Å². The summed E-state index contributed by atoms with van der Waals surface area (Å²) in [6, 6.07) is 9.51. The van der Waals surface area contributed by atoms with Crippen molar-refractivity contribution in [1.82, 2.24) is 10.7 Å². The Morgan fingerprint density at radius 2 is 2.04 bits per heavy atom. The zero-order valence-corrected chi connectivity index (χ0v) is 15.4. The molecule has 2 aromatic rings. The van der Waals surface area contributed by atoms with Gasteiger partial charge in [0.2, 0.25) is 5.91 Å². The molecule has 0 atom stereocenters. The number of aryl methyl sites for hydroxylation is 1. The molecule has 0 spiro atoms. The Bertz CT molecular complexity index is 882. The van der Waals surface area contributed by atoms with Crippen LogP contribution in [0.5, 0.6) is 0 Å². The number of carbonyl (C=O) groups is 2. The topological polar surface area (TPSA) is 83.7 Å².